The highest BCUT2D eigenvalue weighted by molar-refractivity contribution is 7.99. The molecule has 0 aliphatic heterocycles. The molecule has 0 fully saturated rings. The average molecular weight is 428 g/mol. The van der Waals surface area contributed by atoms with Crippen molar-refractivity contribution >= 4 is 46.6 Å². The van der Waals surface area contributed by atoms with Gasteiger partial charge in [-0.15, -0.1) is 10.2 Å². The minimum atomic E-state index is -0.481. The third kappa shape index (κ3) is 5.59. The molecule has 1 heterocycles. The van der Waals surface area contributed by atoms with Gasteiger partial charge in [0, 0.05) is 5.69 Å². The largest absolute Gasteiger partial charge is 0.481 e. The number of rotatable bonds is 7. The molecule has 0 spiro atoms. The van der Waals surface area contributed by atoms with E-state index in [0.29, 0.717) is 15.7 Å². The SMILES string of the molecule is O=C(CSc1nnc(COc2ccccc2F)o1)Nc1ccc(Cl)c(Cl)c1. The maximum atomic E-state index is 13.5. The van der Waals surface area contributed by atoms with E-state index in [4.69, 9.17) is 32.4 Å². The minimum absolute atomic E-state index is 0.0516. The van der Waals surface area contributed by atoms with Gasteiger partial charge >= 0.3 is 0 Å². The number of nitrogens with zero attached hydrogens (tertiary/aromatic N) is 2. The predicted octanol–water partition coefficient (Wildman–Crippen LogP) is 4.83. The molecule has 0 radical (unpaired) electrons. The Kier molecular flexibility index (Phi) is 6.54. The van der Waals surface area contributed by atoms with Crippen molar-refractivity contribution in [3.63, 3.8) is 0 Å². The van der Waals surface area contributed by atoms with E-state index in [9.17, 15) is 9.18 Å². The number of thioether (sulfide) groups is 1. The summed E-state index contributed by atoms with van der Waals surface area (Å²) in [6.45, 7) is -0.0794. The Labute approximate surface area is 168 Å². The number of ether oxygens (including phenoxy) is 1. The molecule has 0 saturated carbocycles. The summed E-state index contributed by atoms with van der Waals surface area (Å²) in [5.41, 5.74) is 0.527. The summed E-state index contributed by atoms with van der Waals surface area (Å²) in [7, 11) is 0. The molecular formula is C17H12Cl2FN3O3S. The third-order valence-corrected chi connectivity index (χ3v) is 4.72. The van der Waals surface area contributed by atoms with E-state index < -0.39 is 5.82 Å². The van der Waals surface area contributed by atoms with Crippen LogP contribution in [-0.4, -0.2) is 21.9 Å². The van der Waals surface area contributed by atoms with Crippen LogP contribution in [-0.2, 0) is 11.4 Å². The molecule has 0 unspecified atom stereocenters. The Morgan fingerprint density at radius 1 is 1.19 bits per heavy atom. The molecule has 3 rings (SSSR count). The first kappa shape index (κ1) is 19.5. The molecule has 0 aliphatic carbocycles. The van der Waals surface area contributed by atoms with Crippen molar-refractivity contribution in [2.24, 2.45) is 0 Å². The second-order valence-electron chi connectivity index (χ2n) is 5.15. The zero-order valence-corrected chi connectivity index (χ0v) is 15.9. The van der Waals surface area contributed by atoms with Crippen molar-refractivity contribution in [3.8, 4) is 5.75 Å². The van der Waals surface area contributed by atoms with Gasteiger partial charge in [0.2, 0.25) is 5.91 Å². The fourth-order valence-electron chi connectivity index (χ4n) is 1.95. The molecule has 2 aromatic carbocycles. The summed E-state index contributed by atoms with van der Waals surface area (Å²) in [6.07, 6.45) is 0. The molecule has 3 aromatic rings. The van der Waals surface area contributed by atoms with Gasteiger partial charge in [0.1, 0.15) is 0 Å². The summed E-state index contributed by atoms with van der Waals surface area (Å²) < 4.78 is 24.1. The Bertz CT molecular complexity index is 955. The molecule has 6 nitrogen and oxygen atoms in total. The Morgan fingerprint density at radius 3 is 2.78 bits per heavy atom. The molecule has 27 heavy (non-hydrogen) atoms. The highest BCUT2D eigenvalue weighted by atomic mass is 35.5. The second kappa shape index (κ2) is 9.07. The molecule has 1 N–H and O–H groups in total. The van der Waals surface area contributed by atoms with Crippen molar-refractivity contribution in [1.29, 1.82) is 0 Å². The number of hydrogen-bond acceptors (Lipinski definition) is 6. The lowest BCUT2D eigenvalue weighted by Crippen LogP contribution is -2.13. The lowest BCUT2D eigenvalue weighted by atomic mass is 10.3. The highest BCUT2D eigenvalue weighted by Gasteiger charge is 2.12. The van der Waals surface area contributed by atoms with Crippen LogP contribution in [0.5, 0.6) is 5.75 Å². The number of halogens is 3. The lowest BCUT2D eigenvalue weighted by molar-refractivity contribution is -0.113. The number of anilines is 1. The van der Waals surface area contributed by atoms with Crippen molar-refractivity contribution in [1.82, 2.24) is 10.2 Å². The molecule has 0 aliphatic rings. The monoisotopic (exact) mass is 427 g/mol. The molecule has 140 valence electrons. The third-order valence-electron chi connectivity index (χ3n) is 3.17. The highest BCUT2D eigenvalue weighted by Crippen LogP contribution is 2.25. The molecule has 0 saturated heterocycles. The van der Waals surface area contributed by atoms with Gasteiger partial charge in [-0.2, -0.15) is 0 Å². The summed E-state index contributed by atoms with van der Waals surface area (Å²) in [5.74, 6) is -0.446. The van der Waals surface area contributed by atoms with E-state index >= 15 is 0 Å². The van der Waals surface area contributed by atoms with Gasteiger partial charge in [-0.25, -0.2) is 4.39 Å². The van der Waals surface area contributed by atoms with Gasteiger partial charge in [0.05, 0.1) is 15.8 Å². The number of nitrogens with one attached hydrogen (secondary N) is 1. The number of benzene rings is 2. The molecule has 0 atom stereocenters. The van der Waals surface area contributed by atoms with Gasteiger partial charge in [-0.05, 0) is 30.3 Å². The minimum Gasteiger partial charge on any atom is -0.481 e. The quantitative estimate of drug-likeness (QED) is 0.544. The molecule has 0 bridgehead atoms. The number of aromatic nitrogens is 2. The van der Waals surface area contributed by atoms with Crippen LogP contribution < -0.4 is 10.1 Å². The van der Waals surface area contributed by atoms with Crippen molar-refractivity contribution in [2.45, 2.75) is 11.8 Å². The van der Waals surface area contributed by atoms with E-state index in [0.717, 1.165) is 11.8 Å². The van der Waals surface area contributed by atoms with Crippen LogP contribution in [0.25, 0.3) is 0 Å². The van der Waals surface area contributed by atoms with Crippen molar-refractivity contribution < 1.29 is 18.3 Å². The van der Waals surface area contributed by atoms with Crippen molar-refractivity contribution in [3.05, 3.63) is 64.2 Å². The zero-order valence-electron chi connectivity index (χ0n) is 13.6. The number of para-hydroxylation sites is 1. The van der Waals surface area contributed by atoms with E-state index in [1.54, 1.807) is 30.3 Å². The fourth-order valence-corrected chi connectivity index (χ4v) is 2.83. The molecule has 10 heteroatoms. The lowest BCUT2D eigenvalue weighted by Gasteiger charge is -2.05. The number of amides is 1. The fraction of sp³-hybridized carbons (Fsp3) is 0.118. The first-order valence-electron chi connectivity index (χ1n) is 7.58. The summed E-state index contributed by atoms with van der Waals surface area (Å²) in [6, 6.07) is 10.8. The van der Waals surface area contributed by atoms with E-state index in [1.807, 2.05) is 0 Å². The van der Waals surface area contributed by atoms with Crippen LogP contribution in [0.1, 0.15) is 5.89 Å². The van der Waals surface area contributed by atoms with Crippen LogP contribution in [0.15, 0.2) is 52.1 Å². The van der Waals surface area contributed by atoms with Gasteiger partial charge in [-0.3, -0.25) is 4.79 Å². The summed E-state index contributed by atoms with van der Waals surface area (Å²) >= 11 is 12.8. The maximum Gasteiger partial charge on any atom is 0.277 e. The second-order valence-corrected chi connectivity index (χ2v) is 6.89. The predicted molar refractivity (Wildman–Crippen MR) is 101 cm³/mol. The van der Waals surface area contributed by atoms with E-state index in [-0.39, 0.29) is 35.1 Å². The summed E-state index contributed by atoms with van der Waals surface area (Å²) in [4.78, 5) is 12.0. The Balaban J connectivity index is 1.48. The normalized spacial score (nSPS) is 10.6. The van der Waals surface area contributed by atoms with Crippen LogP contribution in [0.4, 0.5) is 10.1 Å². The maximum absolute atomic E-state index is 13.5. The molecule has 1 amide bonds. The van der Waals surface area contributed by atoms with Crippen molar-refractivity contribution in [2.75, 3.05) is 11.1 Å². The smallest absolute Gasteiger partial charge is 0.277 e. The molecular weight excluding hydrogens is 416 g/mol. The van der Waals surface area contributed by atoms with Gasteiger partial charge in [-0.1, -0.05) is 47.1 Å². The number of carbonyl (C=O) groups is 1. The Hall–Kier alpha value is -2.29. The number of carbonyl (C=O) groups excluding carboxylic acids is 1. The van der Waals surface area contributed by atoms with Gasteiger partial charge in [0.25, 0.3) is 11.1 Å². The number of hydrogen-bond donors (Lipinski definition) is 1. The van der Waals surface area contributed by atoms with Crippen LogP contribution >= 0.6 is 35.0 Å². The van der Waals surface area contributed by atoms with Gasteiger partial charge < -0.3 is 14.5 Å². The van der Waals surface area contributed by atoms with Gasteiger partial charge in [0.15, 0.2) is 18.2 Å². The average Bonchev–Trinajstić information content (AvgIpc) is 3.10. The van der Waals surface area contributed by atoms with E-state index in [2.05, 4.69) is 15.5 Å². The zero-order chi connectivity index (χ0) is 19.2. The first-order chi connectivity index (χ1) is 13.0. The van der Waals surface area contributed by atoms with Crippen LogP contribution in [0, 0.1) is 5.82 Å². The van der Waals surface area contributed by atoms with Crippen LogP contribution in [0.2, 0.25) is 10.0 Å². The van der Waals surface area contributed by atoms with E-state index in [1.165, 1.54) is 12.1 Å². The standard InChI is InChI=1S/C17H12Cl2FN3O3S/c18-11-6-5-10(7-12(11)19)21-15(24)9-27-17-23-22-16(26-17)8-25-14-4-2-1-3-13(14)20/h1-7H,8-9H2,(H,21,24). The topological polar surface area (TPSA) is 77.2 Å². The first-order valence-corrected chi connectivity index (χ1v) is 9.33. The van der Waals surface area contributed by atoms with Crippen LogP contribution in [0.3, 0.4) is 0 Å². The molecule has 1 aromatic heterocycles. The Morgan fingerprint density at radius 2 is 2.00 bits per heavy atom. The summed E-state index contributed by atoms with van der Waals surface area (Å²) in [5, 5.41) is 11.2.